The number of aliphatic carboxylic acids is 1. The number of ether oxygens (including phenoxy) is 1. The first-order valence-electron chi connectivity index (χ1n) is 21.4. The summed E-state index contributed by atoms with van der Waals surface area (Å²) in [6.07, 6.45) is 53.4. The summed E-state index contributed by atoms with van der Waals surface area (Å²) in [5.41, 5.74) is 0. The zero-order valence-electron chi connectivity index (χ0n) is 33.6. The highest BCUT2D eigenvalue weighted by atomic mass is 16.5. The van der Waals surface area contributed by atoms with Gasteiger partial charge in [-0.2, -0.15) is 0 Å². The van der Waals surface area contributed by atoms with Gasteiger partial charge in [-0.15, -0.1) is 0 Å². The molecule has 0 aliphatic carbocycles. The van der Waals surface area contributed by atoms with Gasteiger partial charge in [-0.1, -0.05) is 171 Å². The number of hydrogen-bond acceptors (Lipinski definition) is 4. The van der Waals surface area contributed by atoms with Crippen LogP contribution < -0.4 is 5.32 Å². The summed E-state index contributed by atoms with van der Waals surface area (Å²) in [4.78, 5) is 35.0. The van der Waals surface area contributed by atoms with E-state index in [4.69, 9.17) is 9.84 Å². The van der Waals surface area contributed by atoms with Crippen LogP contribution in [0.4, 0.5) is 0 Å². The van der Waals surface area contributed by atoms with Gasteiger partial charge in [0.25, 0.3) is 0 Å². The average molecular weight is 726 g/mol. The summed E-state index contributed by atoms with van der Waals surface area (Å²) in [6, 6.07) is 0. The Balaban J connectivity index is 4.29. The number of carboxylic acids is 1. The van der Waals surface area contributed by atoms with E-state index in [9.17, 15) is 14.4 Å². The third-order valence-electron chi connectivity index (χ3n) is 9.20. The number of unbranched alkanes of at least 4 members (excludes halogenated alkanes) is 17. The van der Waals surface area contributed by atoms with E-state index in [1.54, 1.807) is 0 Å². The number of nitrogens with one attached hydrogen (secondary N) is 1. The molecule has 0 fully saturated rings. The fraction of sp³-hybridized carbons (Fsp3) is 0.717. The molecule has 0 rings (SSSR count). The number of amides is 1. The van der Waals surface area contributed by atoms with Crippen molar-refractivity contribution in [3.63, 3.8) is 0 Å². The molecule has 0 bridgehead atoms. The van der Waals surface area contributed by atoms with Gasteiger partial charge in [-0.3, -0.25) is 14.4 Å². The molecule has 0 spiro atoms. The van der Waals surface area contributed by atoms with Crippen LogP contribution in [0.15, 0.2) is 60.8 Å². The van der Waals surface area contributed by atoms with Crippen LogP contribution in [0.1, 0.15) is 200 Å². The van der Waals surface area contributed by atoms with Gasteiger partial charge >= 0.3 is 11.9 Å². The van der Waals surface area contributed by atoms with Gasteiger partial charge in [0.1, 0.15) is 12.6 Å². The molecule has 0 aromatic carbocycles. The van der Waals surface area contributed by atoms with Gasteiger partial charge in [0.2, 0.25) is 5.91 Å². The van der Waals surface area contributed by atoms with Crippen molar-refractivity contribution in [3.05, 3.63) is 60.8 Å². The van der Waals surface area contributed by atoms with E-state index in [1.165, 1.54) is 77.0 Å². The molecular formula is C46H79NO5. The number of carbonyl (C=O) groups excluding carboxylic acids is 2. The second-order valence-electron chi connectivity index (χ2n) is 14.2. The molecule has 1 atom stereocenters. The van der Waals surface area contributed by atoms with E-state index in [-0.39, 0.29) is 24.5 Å². The van der Waals surface area contributed by atoms with Gasteiger partial charge < -0.3 is 15.2 Å². The van der Waals surface area contributed by atoms with Crippen LogP contribution >= 0.6 is 0 Å². The molecule has 52 heavy (non-hydrogen) atoms. The summed E-state index contributed by atoms with van der Waals surface area (Å²) in [6.45, 7) is 4.11. The summed E-state index contributed by atoms with van der Waals surface area (Å²) >= 11 is 0. The fourth-order valence-corrected chi connectivity index (χ4v) is 6.08. The van der Waals surface area contributed by atoms with E-state index in [0.717, 1.165) is 96.3 Å². The van der Waals surface area contributed by atoms with Crippen LogP contribution in [0.5, 0.6) is 0 Å². The second kappa shape index (κ2) is 40.9. The van der Waals surface area contributed by atoms with E-state index >= 15 is 0 Å². The maximum absolute atomic E-state index is 12.7. The zero-order chi connectivity index (χ0) is 38.0. The maximum Gasteiger partial charge on any atom is 0.322 e. The third kappa shape index (κ3) is 39.9. The molecular weight excluding hydrogens is 647 g/mol. The monoisotopic (exact) mass is 726 g/mol. The number of rotatable bonds is 38. The third-order valence-corrected chi connectivity index (χ3v) is 9.20. The van der Waals surface area contributed by atoms with Gasteiger partial charge in [-0.25, -0.2) is 0 Å². The van der Waals surface area contributed by atoms with Crippen LogP contribution in [0.25, 0.3) is 0 Å². The van der Waals surface area contributed by atoms with Gasteiger partial charge in [0.15, 0.2) is 0 Å². The van der Waals surface area contributed by atoms with Crippen LogP contribution in [-0.2, 0) is 19.1 Å². The Kier molecular flexibility index (Phi) is 38.6. The van der Waals surface area contributed by atoms with Crippen molar-refractivity contribution in [1.29, 1.82) is 0 Å². The minimum atomic E-state index is -1.02. The van der Waals surface area contributed by atoms with Crippen molar-refractivity contribution in [1.82, 2.24) is 5.32 Å². The van der Waals surface area contributed by atoms with Gasteiger partial charge in [-0.05, 0) is 77.0 Å². The smallest absolute Gasteiger partial charge is 0.322 e. The summed E-state index contributed by atoms with van der Waals surface area (Å²) in [5, 5.41) is 11.1. The quantitative estimate of drug-likeness (QED) is 0.0375. The average Bonchev–Trinajstić information content (AvgIpc) is 3.13. The molecule has 0 aromatic rings. The van der Waals surface area contributed by atoms with Crippen LogP contribution in [0.2, 0.25) is 0 Å². The van der Waals surface area contributed by atoms with Crippen molar-refractivity contribution in [2.45, 2.75) is 206 Å². The first-order chi connectivity index (χ1) is 25.5. The largest absolute Gasteiger partial charge is 0.480 e. The lowest BCUT2D eigenvalue weighted by Gasteiger charge is -2.18. The van der Waals surface area contributed by atoms with Crippen molar-refractivity contribution in [3.8, 4) is 0 Å². The molecule has 0 heterocycles. The Morgan fingerprint density at radius 2 is 0.942 bits per heavy atom. The lowest BCUT2D eigenvalue weighted by Crippen LogP contribution is -2.28. The molecule has 2 N–H and O–H groups in total. The molecule has 6 heteroatoms. The van der Waals surface area contributed by atoms with Crippen molar-refractivity contribution < 1.29 is 24.2 Å². The van der Waals surface area contributed by atoms with Crippen molar-refractivity contribution in [2.75, 3.05) is 6.54 Å². The number of carboxylic acid groups (broad SMARTS) is 1. The summed E-state index contributed by atoms with van der Waals surface area (Å²) in [7, 11) is 0. The van der Waals surface area contributed by atoms with Gasteiger partial charge in [0, 0.05) is 12.8 Å². The van der Waals surface area contributed by atoms with Crippen LogP contribution in [0.3, 0.4) is 0 Å². The van der Waals surface area contributed by atoms with Crippen LogP contribution in [0, 0.1) is 0 Å². The molecule has 0 radical (unpaired) electrons. The molecule has 0 saturated heterocycles. The number of hydrogen-bond donors (Lipinski definition) is 2. The van der Waals surface area contributed by atoms with E-state index in [1.807, 2.05) is 0 Å². The first-order valence-corrected chi connectivity index (χ1v) is 21.4. The Morgan fingerprint density at radius 1 is 0.519 bits per heavy atom. The summed E-state index contributed by atoms with van der Waals surface area (Å²) < 4.78 is 6.00. The minimum absolute atomic E-state index is 0.00398. The molecule has 0 aromatic heterocycles. The molecule has 6 nitrogen and oxygen atoms in total. The number of carbonyl (C=O) groups is 3. The van der Waals surface area contributed by atoms with E-state index in [0.29, 0.717) is 12.8 Å². The van der Waals surface area contributed by atoms with E-state index < -0.39 is 5.97 Å². The summed E-state index contributed by atoms with van der Waals surface area (Å²) in [5.74, 6) is -1.29. The first kappa shape index (κ1) is 49.1. The standard InChI is InChI=1S/C46H79NO5/c1-3-5-7-9-11-13-15-17-18-19-20-22-24-26-28-33-37-41-46(51)52-43(39-35-31-29-32-36-40-44(48)47-42-45(49)50)38-34-30-27-25-23-21-16-14-12-10-8-6-4-2/h5,7,11,13,17-18,20,22,26,28,43H,3-4,6,8-10,12,14-16,19,21,23-25,27,29-42H2,1-2H3,(H,47,48)(H,49,50)/b7-5-,13-11-,18-17-,22-20-,28-26-. The Bertz CT molecular complexity index is 979. The fourth-order valence-electron chi connectivity index (χ4n) is 6.08. The van der Waals surface area contributed by atoms with Crippen molar-refractivity contribution >= 4 is 17.8 Å². The Morgan fingerprint density at radius 3 is 1.40 bits per heavy atom. The predicted molar refractivity (Wildman–Crippen MR) is 221 cm³/mol. The molecule has 298 valence electrons. The molecule has 0 saturated carbocycles. The number of allylic oxidation sites excluding steroid dienone is 10. The lowest BCUT2D eigenvalue weighted by atomic mass is 10.0. The second-order valence-corrected chi connectivity index (χ2v) is 14.2. The van der Waals surface area contributed by atoms with E-state index in [2.05, 4.69) is 79.9 Å². The van der Waals surface area contributed by atoms with Crippen LogP contribution in [-0.4, -0.2) is 35.6 Å². The molecule has 0 aliphatic heterocycles. The maximum atomic E-state index is 12.7. The molecule has 0 aliphatic rings. The highest BCUT2D eigenvalue weighted by Crippen LogP contribution is 2.19. The predicted octanol–water partition coefficient (Wildman–Crippen LogP) is 13.2. The van der Waals surface area contributed by atoms with Gasteiger partial charge in [0.05, 0.1) is 0 Å². The Labute approximate surface area is 320 Å². The molecule has 1 unspecified atom stereocenters. The zero-order valence-corrected chi connectivity index (χ0v) is 33.6. The Hall–Kier alpha value is -2.89. The SMILES string of the molecule is CC/C=C\C/C=C\C/C=C\C/C=C\C/C=C\CCCC(=O)OC(CCCCCCCCCCCCCCC)CCCCCCCC(=O)NCC(=O)O. The highest BCUT2D eigenvalue weighted by molar-refractivity contribution is 5.80. The highest BCUT2D eigenvalue weighted by Gasteiger charge is 2.14. The lowest BCUT2D eigenvalue weighted by molar-refractivity contribution is -0.150. The normalized spacial score (nSPS) is 12.7. The minimum Gasteiger partial charge on any atom is -0.480 e. The van der Waals surface area contributed by atoms with Crippen molar-refractivity contribution in [2.24, 2.45) is 0 Å². The number of esters is 1. The molecule has 1 amide bonds. The topological polar surface area (TPSA) is 92.7 Å².